The first-order valence-electron chi connectivity index (χ1n) is 5.15. The van der Waals surface area contributed by atoms with Crippen LogP contribution < -0.4 is 5.32 Å². The Labute approximate surface area is 90.6 Å². The Morgan fingerprint density at radius 1 is 1.40 bits per heavy atom. The third kappa shape index (κ3) is 4.01. The third-order valence-electron chi connectivity index (χ3n) is 2.16. The molecule has 1 aromatic rings. The van der Waals surface area contributed by atoms with Crippen LogP contribution in [0, 0.1) is 6.57 Å². The van der Waals surface area contributed by atoms with Crippen molar-refractivity contribution in [2.24, 2.45) is 0 Å². The Bertz CT molecular complexity index is 326. The van der Waals surface area contributed by atoms with E-state index in [1.807, 2.05) is 19.1 Å². The molecule has 0 saturated carbocycles. The molecule has 0 aliphatic rings. The normalized spacial score (nSPS) is 11.8. The lowest BCUT2D eigenvalue weighted by Gasteiger charge is -2.11. The van der Waals surface area contributed by atoms with Gasteiger partial charge in [-0.1, -0.05) is 25.5 Å². The van der Waals surface area contributed by atoms with E-state index in [-0.39, 0.29) is 6.10 Å². The second kappa shape index (κ2) is 6.05. The second-order valence-electron chi connectivity index (χ2n) is 3.48. The van der Waals surface area contributed by atoms with Crippen LogP contribution in [-0.2, 0) is 0 Å². The van der Waals surface area contributed by atoms with Gasteiger partial charge in [-0.05, 0) is 18.6 Å². The number of nitrogens with zero attached hydrogens (tertiary/aromatic N) is 1. The van der Waals surface area contributed by atoms with Gasteiger partial charge in [0.1, 0.15) is 0 Å². The highest BCUT2D eigenvalue weighted by Crippen LogP contribution is 2.15. The lowest BCUT2D eigenvalue weighted by molar-refractivity contribution is 0.176. The lowest BCUT2D eigenvalue weighted by atomic mass is 10.2. The predicted molar refractivity (Wildman–Crippen MR) is 62.1 cm³/mol. The molecule has 0 heterocycles. The maximum Gasteiger partial charge on any atom is 0.187 e. The fourth-order valence-electron chi connectivity index (χ4n) is 1.32. The van der Waals surface area contributed by atoms with E-state index in [1.165, 1.54) is 0 Å². The number of rotatable bonds is 5. The van der Waals surface area contributed by atoms with Crippen LogP contribution in [0.1, 0.15) is 19.8 Å². The molecule has 2 N–H and O–H groups in total. The lowest BCUT2D eigenvalue weighted by Crippen LogP contribution is -2.18. The number of anilines is 1. The van der Waals surface area contributed by atoms with Gasteiger partial charge in [-0.15, -0.1) is 0 Å². The summed E-state index contributed by atoms with van der Waals surface area (Å²) in [6, 6.07) is 7.24. The quantitative estimate of drug-likeness (QED) is 0.723. The fourth-order valence-corrected chi connectivity index (χ4v) is 1.32. The van der Waals surface area contributed by atoms with Crippen molar-refractivity contribution >= 4 is 11.4 Å². The zero-order valence-electron chi connectivity index (χ0n) is 8.90. The minimum atomic E-state index is -0.296. The van der Waals surface area contributed by atoms with Crippen LogP contribution in [0.25, 0.3) is 4.85 Å². The SMILES string of the molecule is [C-]#[N+]c1ccc(NCC(O)CCC)cc1. The third-order valence-corrected chi connectivity index (χ3v) is 2.16. The van der Waals surface area contributed by atoms with Crippen molar-refractivity contribution < 1.29 is 5.11 Å². The van der Waals surface area contributed by atoms with Gasteiger partial charge in [0.25, 0.3) is 0 Å². The smallest absolute Gasteiger partial charge is 0.187 e. The van der Waals surface area contributed by atoms with Gasteiger partial charge >= 0.3 is 0 Å². The molecule has 3 nitrogen and oxygen atoms in total. The Morgan fingerprint density at radius 3 is 2.60 bits per heavy atom. The summed E-state index contributed by atoms with van der Waals surface area (Å²) in [4.78, 5) is 3.31. The van der Waals surface area contributed by atoms with Crippen LogP contribution in [0.2, 0.25) is 0 Å². The molecule has 80 valence electrons. The van der Waals surface area contributed by atoms with Crippen molar-refractivity contribution in [3.8, 4) is 0 Å². The van der Waals surface area contributed by atoms with E-state index >= 15 is 0 Å². The van der Waals surface area contributed by atoms with Crippen LogP contribution in [0.4, 0.5) is 11.4 Å². The summed E-state index contributed by atoms with van der Waals surface area (Å²) in [5, 5.41) is 12.6. The van der Waals surface area contributed by atoms with Crippen LogP contribution in [0.3, 0.4) is 0 Å². The van der Waals surface area contributed by atoms with Gasteiger partial charge in [-0.25, -0.2) is 4.85 Å². The molecule has 0 saturated heterocycles. The molecule has 1 rings (SSSR count). The summed E-state index contributed by atoms with van der Waals surface area (Å²) < 4.78 is 0. The van der Waals surface area contributed by atoms with E-state index < -0.39 is 0 Å². The van der Waals surface area contributed by atoms with Crippen LogP contribution in [0.5, 0.6) is 0 Å². The van der Waals surface area contributed by atoms with Gasteiger partial charge in [-0.2, -0.15) is 0 Å². The van der Waals surface area contributed by atoms with Gasteiger partial charge in [0.2, 0.25) is 0 Å². The summed E-state index contributed by atoms with van der Waals surface area (Å²) in [5.41, 5.74) is 1.58. The minimum absolute atomic E-state index is 0.296. The molecule has 0 aromatic heterocycles. The molecule has 0 bridgehead atoms. The van der Waals surface area contributed by atoms with Crippen molar-refractivity contribution in [3.05, 3.63) is 35.7 Å². The van der Waals surface area contributed by atoms with E-state index in [0.29, 0.717) is 12.2 Å². The molecule has 1 unspecified atom stereocenters. The number of aliphatic hydroxyl groups excluding tert-OH is 1. The Balaban J connectivity index is 2.41. The maximum absolute atomic E-state index is 9.50. The van der Waals surface area contributed by atoms with Crippen LogP contribution in [-0.4, -0.2) is 17.8 Å². The van der Waals surface area contributed by atoms with Crippen molar-refractivity contribution in [2.45, 2.75) is 25.9 Å². The van der Waals surface area contributed by atoms with Crippen molar-refractivity contribution in [1.82, 2.24) is 0 Å². The molecule has 15 heavy (non-hydrogen) atoms. The summed E-state index contributed by atoms with van der Waals surface area (Å²) in [5.74, 6) is 0. The van der Waals surface area contributed by atoms with Gasteiger partial charge < -0.3 is 10.4 Å². The number of nitrogens with one attached hydrogen (secondary N) is 1. The van der Waals surface area contributed by atoms with E-state index in [0.717, 1.165) is 18.5 Å². The Hall–Kier alpha value is -1.53. The highest BCUT2D eigenvalue weighted by molar-refractivity contribution is 5.54. The molecular formula is C12H16N2O. The Morgan fingerprint density at radius 2 is 2.07 bits per heavy atom. The molecule has 1 aromatic carbocycles. The Kier molecular flexibility index (Phi) is 4.65. The van der Waals surface area contributed by atoms with Crippen LogP contribution in [0.15, 0.2) is 24.3 Å². The largest absolute Gasteiger partial charge is 0.391 e. The zero-order valence-corrected chi connectivity index (χ0v) is 8.90. The average Bonchev–Trinajstić information content (AvgIpc) is 2.27. The highest BCUT2D eigenvalue weighted by Gasteiger charge is 2.01. The van der Waals surface area contributed by atoms with E-state index in [9.17, 15) is 5.11 Å². The summed E-state index contributed by atoms with van der Waals surface area (Å²) >= 11 is 0. The fraction of sp³-hybridized carbons (Fsp3) is 0.417. The summed E-state index contributed by atoms with van der Waals surface area (Å²) in [6.45, 7) is 9.41. The molecule has 0 amide bonds. The first-order chi connectivity index (χ1) is 7.26. The van der Waals surface area contributed by atoms with Gasteiger partial charge in [0.05, 0.1) is 12.7 Å². The number of hydrogen-bond donors (Lipinski definition) is 2. The minimum Gasteiger partial charge on any atom is -0.391 e. The molecular weight excluding hydrogens is 188 g/mol. The number of hydrogen-bond acceptors (Lipinski definition) is 2. The molecule has 0 radical (unpaired) electrons. The molecule has 1 atom stereocenters. The maximum atomic E-state index is 9.50. The van der Waals surface area contributed by atoms with Crippen molar-refractivity contribution in [1.29, 1.82) is 0 Å². The number of aliphatic hydroxyl groups is 1. The molecule has 0 spiro atoms. The first kappa shape index (κ1) is 11.5. The van der Waals surface area contributed by atoms with Crippen molar-refractivity contribution in [3.63, 3.8) is 0 Å². The topological polar surface area (TPSA) is 36.6 Å². The monoisotopic (exact) mass is 204 g/mol. The summed E-state index contributed by atoms with van der Waals surface area (Å²) in [7, 11) is 0. The van der Waals surface area contributed by atoms with E-state index in [2.05, 4.69) is 10.2 Å². The van der Waals surface area contributed by atoms with E-state index in [1.54, 1.807) is 12.1 Å². The average molecular weight is 204 g/mol. The van der Waals surface area contributed by atoms with Gasteiger partial charge in [-0.3, -0.25) is 0 Å². The predicted octanol–water partition coefficient (Wildman–Crippen LogP) is 2.81. The molecule has 0 fully saturated rings. The van der Waals surface area contributed by atoms with Gasteiger partial charge in [0, 0.05) is 12.2 Å². The van der Waals surface area contributed by atoms with E-state index in [4.69, 9.17) is 6.57 Å². The molecule has 0 aliphatic carbocycles. The van der Waals surface area contributed by atoms with Crippen molar-refractivity contribution in [2.75, 3.05) is 11.9 Å². The van der Waals surface area contributed by atoms with Crippen LogP contribution >= 0.6 is 0 Å². The second-order valence-corrected chi connectivity index (χ2v) is 3.48. The number of benzene rings is 1. The molecule has 3 heteroatoms. The highest BCUT2D eigenvalue weighted by atomic mass is 16.3. The molecule has 0 aliphatic heterocycles. The van der Waals surface area contributed by atoms with Gasteiger partial charge in [0.15, 0.2) is 5.69 Å². The summed E-state index contributed by atoms with van der Waals surface area (Å²) in [6.07, 6.45) is 1.50. The standard InChI is InChI=1S/C12H16N2O/c1-3-4-12(15)9-14-11-7-5-10(13-2)6-8-11/h5-8,12,14-15H,3-4,9H2,1H3. The first-order valence-corrected chi connectivity index (χ1v) is 5.15. The zero-order chi connectivity index (χ0) is 11.1.